The zero-order valence-corrected chi connectivity index (χ0v) is 27.5. The van der Waals surface area contributed by atoms with E-state index in [4.69, 9.17) is 5.73 Å². The van der Waals surface area contributed by atoms with Crippen LogP contribution in [-0.2, 0) is 29.5 Å². The van der Waals surface area contributed by atoms with Gasteiger partial charge in [-0.25, -0.2) is 13.1 Å². The van der Waals surface area contributed by atoms with Crippen LogP contribution in [0.4, 0.5) is 0 Å². The van der Waals surface area contributed by atoms with Gasteiger partial charge < -0.3 is 5.73 Å². The Labute approximate surface area is 260 Å². The van der Waals surface area contributed by atoms with Crippen LogP contribution >= 0.6 is 0 Å². The quantitative estimate of drug-likeness (QED) is 0.178. The van der Waals surface area contributed by atoms with Gasteiger partial charge in [0.05, 0.1) is 17.0 Å². The van der Waals surface area contributed by atoms with Crippen LogP contribution in [0.15, 0.2) is 114 Å². The van der Waals surface area contributed by atoms with Crippen molar-refractivity contribution in [2.24, 2.45) is 5.73 Å². The maximum atomic E-state index is 14.1. The van der Waals surface area contributed by atoms with Crippen LogP contribution in [0.5, 0.6) is 0 Å². The van der Waals surface area contributed by atoms with Gasteiger partial charge in [0.2, 0.25) is 10.0 Å². The smallest absolute Gasteiger partial charge is 0.241 e. The molecule has 0 aliphatic rings. The second-order valence-electron chi connectivity index (χ2n) is 11.1. The molecule has 41 heavy (non-hydrogen) atoms. The van der Waals surface area contributed by atoms with Gasteiger partial charge in [0.15, 0.2) is 0 Å². The Morgan fingerprint density at radius 1 is 0.561 bits per heavy atom. The van der Waals surface area contributed by atoms with Crippen molar-refractivity contribution in [2.75, 3.05) is 0 Å². The molecular weight excluding hydrogens is 614 g/mol. The molecule has 4 nitrogen and oxygen atoms in total. The molecule has 0 spiro atoms. The number of benzene rings is 4. The molecule has 0 saturated carbocycles. The Morgan fingerprint density at radius 2 is 0.927 bits per heavy atom. The third-order valence-electron chi connectivity index (χ3n) is 7.00. The van der Waals surface area contributed by atoms with E-state index in [2.05, 4.69) is 30.7 Å². The normalized spacial score (nSPS) is 12.8. The summed E-state index contributed by atoms with van der Waals surface area (Å²) in [7, 11) is -3.88. The van der Waals surface area contributed by atoms with Crippen LogP contribution in [0.1, 0.15) is 99.2 Å². The van der Waals surface area contributed by atoms with Crippen molar-refractivity contribution in [3.8, 4) is 0 Å². The summed E-state index contributed by atoms with van der Waals surface area (Å²) >= 11 is 0. The fraction of sp³-hybridized carbons (Fsp3) is 0.314. The van der Waals surface area contributed by atoms with E-state index in [-0.39, 0.29) is 31.3 Å². The molecule has 3 N–H and O–H groups in total. The first kappa shape index (κ1) is 34.6. The minimum absolute atomic E-state index is 0. The summed E-state index contributed by atoms with van der Waals surface area (Å²) < 4.78 is 31.2. The first-order valence-electron chi connectivity index (χ1n) is 14.1. The summed E-state index contributed by atoms with van der Waals surface area (Å²) in [6, 6.07) is 34.2. The molecule has 0 unspecified atom stereocenters. The van der Waals surface area contributed by atoms with Gasteiger partial charge in [0.1, 0.15) is 0 Å². The molecule has 0 saturated heterocycles. The minimum Gasteiger partial charge on any atom is -0.322 e. The van der Waals surface area contributed by atoms with Gasteiger partial charge in [-0.2, -0.15) is 0 Å². The second-order valence-corrected chi connectivity index (χ2v) is 12.7. The Morgan fingerprint density at radius 3 is 1.29 bits per heavy atom. The average Bonchev–Trinajstić information content (AvgIpc) is 2.97. The van der Waals surface area contributed by atoms with Crippen LogP contribution < -0.4 is 10.5 Å². The van der Waals surface area contributed by atoms with Gasteiger partial charge in [-0.3, -0.25) is 0 Å². The first-order valence-corrected chi connectivity index (χ1v) is 15.6. The zero-order valence-electron chi connectivity index (χ0n) is 24.9. The summed E-state index contributed by atoms with van der Waals surface area (Å²) in [6.45, 7) is 12.5. The molecule has 0 aliphatic heterocycles. The van der Waals surface area contributed by atoms with Gasteiger partial charge in [0.25, 0.3) is 0 Å². The van der Waals surface area contributed by atoms with Gasteiger partial charge in [-0.15, -0.1) is 0 Å². The monoisotopic (exact) mass is 658 g/mol. The molecular formula is C35H44N2O2RuS. The van der Waals surface area contributed by atoms with Crippen LogP contribution in [0.25, 0.3) is 0 Å². The van der Waals surface area contributed by atoms with E-state index in [9.17, 15) is 8.42 Å². The van der Waals surface area contributed by atoms with Crippen LogP contribution in [0.3, 0.4) is 0 Å². The predicted octanol–water partition coefficient (Wildman–Crippen LogP) is 8.46. The van der Waals surface area contributed by atoms with E-state index in [1.54, 1.807) is 0 Å². The number of hydrogen-bond donors (Lipinski definition) is 2. The summed E-state index contributed by atoms with van der Waals surface area (Å²) in [6.07, 6.45) is 0. The van der Waals surface area contributed by atoms with Gasteiger partial charge in [-0.05, 0) is 45.6 Å². The molecule has 0 aliphatic carbocycles. The molecule has 0 aromatic heterocycles. The topological polar surface area (TPSA) is 72.2 Å². The molecule has 4 aromatic rings. The summed E-state index contributed by atoms with van der Waals surface area (Å²) in [5.74, 6) is 0.421. The molecule has 220 valence electrons. The van der Waals surface area contributed by atoms with Gasteiger partial charge >= 0.3 is 0 Å². The molecule has 4 rings (SSSR count). The van der Waals surface area contributed by atoms with Crippen molar-refractivity contribution < 1.29 is 27.9 Å². The van der Waals surface area contributed by atoms with E-state index in [0.29, 0.717) is 10.8 Å². The van der Waals surface area contributed by atoms with Crippen molar-refractivity contribution in [1.82, 2.24) is 4.72 Å². The van der Waals surface area contributed by atoms with E-state index in [0.717, 1.165) is 27.8 Å². The largest absolute Gasteiger partial charge is 0.322 e. The van der Waals surface area contributed by atoms with Crippen molar-refractivity contribution in [3.05, 3.63) is 137 Å². The fourth-order valence-electron chi connectivity index (χ4n) is 4.69. The van der Waals surface area contributed by atoms with Crippen LogP contribution in [0, 0.1) is 0 Å². The molecule has 0 heterocycles. The number of sulfonamides is 1. The molecule has 4 aromatic carbocycles. The number of nitrogens with two attached hydrogens (primary N) is 1. The maximum absolute atomic E-state index is 14.1. The Balaban J connectivity index is 0.000000744. The van der Waals surface area contributed by atoms with Gasteiger partial charge in [-0.1, -0.05) is 151 Å². The fourth-order valence-corrected chi connectivity index (χ4v) is 6.63. The predicted molar refractivity (Wildman–Crippen MR) is 168 cm³/mol. The average molecular weight is 658 g/mol. The SMILES string of the molecule is CC(C)c1cc(C(C)C)c(S(=O)(=O)N[C@@H](c2ccccc2)[C@@H](N)c2ccccc2)c(C(C)C)c1.[Ru].c1ccccc1. The second kappa shape index (κ2) is 16.1. The third kappa shape index (κ3) is 9.44. The van der Waals surface area contributed by atoms with Crippen molar-refractivity contribution in [2.45, 2.75) is 76.3 Å². The summed E-state index contributed by atoms with van der Waals surface area (Å²) in [4.78, 5) is 0.392. The number of rotatable bonds is 9. The van der Waals surface area contributed by atoms with E-state index < -0.39 is 22.1 Å². The standard InChI is InChI=1S/C29H38N2O2S.C6H6.Ru/c1-19(2)24-17-25(20(3)4)29(26(18-24)21(5)6)34(32,33)31-28(23-15-11-8-12-16-23)27(30)22-13-9-7-10-14-22;1-2-4-6-5-3-1;/h7-21,27-28,31H,30H2,1-6H3;1-6H;/t27-,28-;;/m0../s1. The van der Waals surface area contributed by atoms with E-state index in [1.807, 2.05) is 125 Å². The summed E-state index contributed by atoms with van der Waals surface area (Å²) in [5, 5.41) is 0. The van der Waals surface area contributed by atoms with Crippen LogP contribution in [-0.4, -0.2) is 8.42 Å². The molecule has 0 radical (unpaired) electrons. The first-order chi connectivity index (χ1) is 19.0. The Hall–Kier alpha value is -2.63. The molecule has 2 atom stereocenters. The number of hydrogen-bond acceptors (Lipinski definition) is 3. The maximum Gasteiger partial charge on any atom is 0.241 e. The minimum atomic E-state index is -3.88. The third-order valence-corrected chi connectivity index (χ3v) is 8.57. The van der Waals surface area contributed by atoms with Crippen molar-refractivity contribution in [3.63, 3.8) is 0 Å². The molecule has 6 heteroatoms. The van der Waals surface area contributed by atoms with Crippen LogP contribution in [0.2, 0.25) is 0 Å². The summed E-state index contributed by atoms with van der Waals surface area (Å²) in [5.41, 5.74) is 11.3. The van der Waals surface area contributed by atoms with E-state index in [1.165, 1.54) is 0 Å². The molecule has 0 bridgehead atoms. The molecule has 0 fully saturated rings. The van der Waals surface area contributed by atoms with Crippen molar-refractivity contribution >= 4 is 10.0 Å². The molecule has 0 amide bonds. The van der Waals surface area contributed by atoms with Crippen molar-refractivity contribution in [1.29, 1.82) is 0 Å². The van der Waals surface area contributed by atoms with Gasteiger partial charge in [0, 0.05) is 19.5 Å². The Kier molecular flexibility index (Phi) is 13.6. The van der Waals surface area contributed by atoms with E-state index >= 15 is 0 Å². The Bertz CT molecular complexity index is 1370. The zero-order chi connectivity index (χ0) is 29.3. The number of nitrogens with one attached hydrogen (secondary N) is 1.